The van der Waals surface area contributed by atoms with Crippen LogP contribution in [-0.2, 0) is 4.79 Å². The molecule has 1 aromatic carbocycles. The highest BCUT2D eigenvalue weighted by Crippen LogP contribution is 2.46. The summed E-state index contributed by atoms with van der Waals surface area (Å²) in [5.41, 5.74) is 1.32. The lowest BCUT2D eigenvalue weighted by atomic mass is 10.1. The number of rotatable bonds is 4. The summed E-state index contributed by atoms with van der Waals surface area (Å²) in [6.45, 7) is 1.50. The van der Waals surface area contributed by atoms with E-state index in [2.05, 4.69) is 15.5 Å². The summed E-state index contributed by atoms with van der Waals surface area (Å²) in [5.74, 6) is -0.836. The van der Waals surface area contributed by atoms with E-state index >= 15 is 0 Å². The highest BCUT2D eigenvalue weighted by atomic mass is 16.4. The van der Waals surface area contributed by atoms with Gasteiger partial charge in [0.2, 0.25) is 0 Å². The molecule has 1 aromatic heterocycles. The van der Waals surface area contributed by atoms with E-state index in [0.717, 1.165) is 0 Å². The smallest absolute Gasteiger partial charge is 0.307 e. The number of nitrogens with zero attached hydrogens (tertiary/aromatic N) is 4. The first kappa shape index (κ1) is 12.5. The van der Waals surface area contributed by atoms with Crippen LogP contribution in [0.25, 0.3) is 5.69 Å². The van der Waals surface area contributed by atoms with Crippen LogP contribution in [0.5, 0.6) is 0 Å². The summed E-state index contributed by atoms with van der Waals surface area (Å²) in [5, 5.41) is 20.4. The van der Waals surface area contributed by atoms with Gasteiger partial charge in [-0.3, -0.25) is 9.59 Å². The average Bonchev–Trinajstić information content (AvgIpc) is 3.09. The minimum Gasteiger partial charge on any atom is -0.481 e. The van der Waals surface area contributed by atoms with Crippen molar-refractivity contribution in [2.24, 2.45) is 5.92 Å². The Hall–Kier alpha value is -2.57. The largest absolute Gasteiger partial charge is 0.481 e. The van der Waals surface area contributed by atoms with E-state index in [1.165, 1.54) is 11.6 Å². The number of ketones is 1. The van der Waals surface area contributed by atoms with Gasteiger partial charge in [-0.2, -0.15) is 4.68 Å². The summed E-state index contributed by atoms with van der Waals surface area (Å²) in [4.78, 5) is 22.2. The molecule has 0 saturated heterocycles. The zero-order chi connectivity index (χ0) is 14.3. The molecule has 0 aliphatic heterocycles. The van der Waals surface area contributed by atoms with Gasteiger partial charge >= 0.3 is 5.97 Å². The second kappa shape index (κ2) is 4.52. The first-order chi connectivity index (χ1) is 9.58. The molecule has 1 aliphatic carbocycles. The lowest BCUT2D eigenvalue weighted by Gasteiger charge is -2.04. The summed E-state index contributed by atoms with van der Waals surface area (Å²) in [7, 11) is 0. The van der Waals surface area contributed by atoms with Crippen LogP contribution in [0.4, 0.5) is 0 Å². The average molecular weight is 272 g/mol. The Bertz CT molecular complexity index is 677. The van der Waals surface area contributed by atoms with Gasteiger partial charge in [-0.1, -0.05) is 0 Å². The fraction of sp³-hybridized carbons (Fsp3) is 0.308. The third-order valence-corrected chi connectivity index (χ3v) is 3.45. The minimum atomic E-state index is -0.823. The predicted octanol–water partition coefficient (Wildman–Crippen LogP) is 1.05. The first-order valence-electron chi connectivity index (χ1n) is 6.20. The number of carbonyl (C=O) groups is 2. The van der Waals surface area contributed by atoms with Crippen molar-refractivity contribution in [3.05, 3.63) is 35.7 Å². The van der Waals surface area contributed by atoms with E-state index in [4.69, 9.17) is 5.11 Å². The molecule has 1 saturated carbocycles. The quantitative estimate of drug-likeness (QED) is 0.835. The minimum absolute atomic E-state index is 0.0124. The Morgan fingerprint density at radius 1 is 1.30 bits per heavy atom. The summed E-state index contributed by atoms with van der Waals surface area (Å²) in [6, 6.07) is 6.89. The molecule has 2 aromatic rings. The summed E-state index contributed by atoms with van der Waals surface area (Å²) >= 11 is 0. The van der Waals surface area contributed by atoms with Gasteiger partial charge in [-0.05, 0) is 48.0 Å². The molecule has 1 aliphatic rings. The molecule has 102 valence electrons. The van der Waals surface area contributed by atoms with Gasteiger partial charge in [0, 0.05) is 11.5 Å². The molecule has 0 amide bonds. The molecular weight excluding hydrogens is 260 g/mol. The first-order valence-corrected chi connectivity index (χ1v) is 6.20. The van der Waals surface area contributed by atoms with E-state index in [1.54, 1.807) is 24.3 Å². The van der Waals surface area contributed by atoms with Crippen molar-refractivity contribution < 1.29 is 14.7 Å². The number of aromatic nitrogens is 4. The Morgan fingerprint density at radius 3 is 2.55 bits per heavy atom. The summed E-state index contributed by atoms with van der Waals surface area (Å²) in [6.07, 6.45) is 0.557. The Balaban J connectivity index is 1.90. The Morgan fingerprint density at radius 2 is 2.00 bits per heavy atom. The van der Waals surface area contributed by atoms with Crippen LogP contribution in [0.3, 0.4) is 0 Å². The van der Waals surface area contributed by atoms with E-state index in [1.807, 2.05) is 0 Å². The van der Waals surface area contributed by atoms with Crippen LogP contribution in [-0.4, -0.2) is 37.1 Å². The van der Waals surface area contributed by atoms with Gasteiger partial charge in [-0.25, -0.2) is 0 Å². The molecule has 2 unspecified atom stereocenters. The van der Waals surface area contributed by atoms with E-state index in [9.17, 15) is 9.59 Å². The third-order valence-electron chi connectivity index (χ3n) is 3.45. The number of hydrogen-bond donors (Lipinski definition) is 1. The molecule has 1 N–H and O–H groups in total. The number of carboxylic acid groups (broad SMARTS) is 1. The SMILES string of the molecule is CC(=O)c1ccc(-n2nnnc2C2CC2C(=O)O)cc1. The van der Waals surface area contributed by atoms with E-state index in [0.29, 0.717) is 23.5 Å². The lowest BCUT2D eigenvalue weighted by Crippen LogP contribution is -2.06. The number of tetrazole rings is 1. The van der Waals surface area contributed by atoms with Crippen LogP contribution in [0, 0.1) is 5.92 Å². The van der Waals surface area contributed by atoms with Crippen LogP contribution in [0.15, 0.2) is 24.3 Å². The van der Waals surface area contributed by atoms with E-state index < -0.39 is 11.9 Å². The molecule has 3 rings (SSSR count). The molecule has 1 heterocycles. The van der Waals surface area contributed by atoms with Crippen molar-refractivity contribution in [3.63, 3.8) is 0 Å². The number of carbonyl (C=O) groups excluding carboxylic acids is 1. The van der Waals surface area contributed by atoms with Crippen molar-refractivity contribution in [2.75, 3.05) is 0 Å². The zero-order valence-electron chi connectivity index (χ0n) is 10.7. The number of Topliss-reactive ketones (excluding diaryl/α,β-unsaturated/α-hetero) is 1. The molecule has 0 bridgehead atoms. The second-order valence-electron chi connectivity index (χ2n) is 4.84. The number of hydrogen-bond acceptors (Lipinski definition) is 5. The predicted molar refractivity (Wildman–Crippen MR) is 67.6 cm³/mol. The van der Waals surface area contributed by atoms with E-state index in [-0.39, 0.29) is 11.7 Å². The normalized spacial score (nSPS) is 20.6. The van der Waals surface area contributed by atoms with Gasteiger partial charge in [0.1, 0.15) is 0 Å². The monoisotopic (exact) mass is 272 g/mol. The van der Waals surface area contributed by atoms with Gasteiger partial charge < -0.3 is 5.11 Å². The van der Waals surface area contributed by atoms with Crippen molar-refractivity contribution in [2.45, 2.75) is 19.3 Å². The summed E-state index contributed by atoms with van der Waals surface area (Å²) < 4.78 is 1.53. The van der Waals surface area contributed by atoms with Crippen molar-refractivity contribution in [1.29, 1.82) is 0 Å². The van der Waals surface area contributed by atoms with Gasteiger partial charge in [-0.15, -0.1) is 5.10 Å². The molecule has 7 heteroatoms. The van der Waals surface area contributed by atoms with Crippen LogP contribution < -0.4 is 0 Å². The Kier molecular flexibility index (Phi) is 2.81. The number of carboxylic acids is 1. The van der Waals surface area contributed by atoms with Crippen LogP contribution >= 0.6 is 0 Å². The standard InChI is InChI=1S/C13H12N4O3/c1-7(18)8-2-4-9(5-3-8)17-12(14-15-16-17)10-6-11(10)13(19)20/h2-5,10-11H,6H2,1H3,(H,19,20). The van der Waals surface area contributed by atoms with Gasteiger partial charge in [0.15, 0.2) is 11.6 Å². The van der Waals surface area contributed by atoms with Crippen LogP contribution in [0.2, 0.25) is 0 Å². The Labute approximate surface area is 114 Å². The van der Waals surface area contributed by atoms with Crippen molar-refractivity contribution >= 4 is 11.8 Å². The fourth-order valence-corrected chi connectivity index (χ4v) is 2.20. The third kappa shape index (κ3) is 2.07. The second-order valence-corrected chi connectivity index (χ2v) is 4.84. The molecule has 0 radical (unpaired) electrons. The maximum Gasteiger partial charge on any atom is 0.307 e. The lowest BCUT2D eigenvalue weighted by molar-refractivity contribution is -0.138. The highest BCUT2D eigenvalue weighted by molar-refractivity contribution is 5.94. The highest BCUT2D eigenvalue weighted by Gasteiger charge is 2.47. The molecular formula is C13H12N4O3. The topological polar surface area (TPSA) is 98.0 Å². The van der Waals surface area contributed by atoms with Gasteiger partial charge in [0.25, 0.3) is 0 Å². The number of benzene rings is 1. The maximum absolute atomic E-state index is 11.2. The maximum atomic E-state index is 11.2. The van der Waals surface area contributed by atoms with Gasteiger partial charge in [0.05, 0.1) is 11.6 Å². The molecule has 2 atom stereocenters. The molecule has 7 nitrogen and oxygen atoms in total. The van der Waals surface area contributed by atoms with Crippen molar-refractivity contribution in [1.82, 2.24) is 20.2 Å². The number of aliphatic carboxylic acids is 1. The van der Waals surface area contributed by atoms with Crippen molar-refractivity contribution in [3.8, 4) is 5.69 Å². The zero-order valence-corrected chi connectivity index (χ0v) is 10.7. The van der Waals surface area contributed by atoms with Crippen LogP contribution in [0.1, 0.15) is 35.4 Å². The molecule has 20 heavy (non-hydrogen) atoms. The molecule has 0 spiro atoms. The fourth-order valence-electron chi connectivity index (χ4n) is 2.20. The molecule has 1 fully saturated rings.